The highest BCUT2D eigenvalue weighted by Gasteiger charge is 2.17. The third-order valence-corrected chi connectivity index (χ3v) is 3.37. The molecule has 0 spiro atoms. The second-order valence-corrected chi connectivity index (χ2v) is 5.22. The maximum Gasteiger partial charge on any atom is 0.262 e. The molecule has 3 N–H and O–H groups in total. The Hall–Kier alpha value is -1.44. The SMILES string of the molecule is Cc1ccc(C)c(S(=O)(=O)NOCC(N)=O)c1. The Morgan fingerprint density at radius 3 is 2.65 bits per heavy atom. The normalized spacial score (nSPS) is 11.4. The zero-order chi connectivity index (χ0) is 13.1. The Bertz CT molecular complexity index is 525. The van der Waals surface area contributed by atoms with E-state index in [1.807, 2.05) is 4.89 Å². The highest BCUT2D eigenvalue weighted by molar-refractivity contribution is 7.89. The van der Waals surface area contributed by atoms with E-state index in [0.29, 0.717) is 5.56 Å². The van der Waals surface area contributed by atoms with Crippen molar-refractivity contribution in [2.24, 2.45) is 5.73 Å². The number of nitrogens with one attached hydrogen (secondary N) is 1. The summed E-state index contributed by atoms with van der Waals surface area (Å²) in [5.74, 6) is -0.756. The fourth-order valence-corrected chi connectivity index (χ4v) is 2.36. The molecule has 17 heavy (non-hydrogen) atoms. The van der Waals surface area contributed by atoms with Gasteiger partial charge in [-0.1, -0.05) is 17.0 Å². The number of sulfonamides is 1. The minimum atomic E-state index is -3.79. The molecular formula is C10H14N2O4S. The molecule has 0 aromatic heterocycles. The largest absolute Gasteiger partial charge is 0.368 e. The molecule has 1 aromatic carbocycles. The average molecular weight is 258 g/mol. The van der Waals surface area contributed by atoms with Crippen molar-refractivity contribution in [1.82, 2.24) is 4.89 Å². The van der Waals surface area contributed by atoms with Gasteiger partial charge < -0.3 is 5.73 Å². The molecule has 0 fully saturated rings. The number of hydrogen-bond acceptors (Lipinski definition) is 4. The Kier molecular flexibility index (Phi) is 4.22. The maximum atomic E-state index is 11.8. The van der Waals surface area contributed by atoms with Gasteiger partial charge in [0.2, 0.25) is 5.91 Å². The lowest BCUT2D eigenvalue weighted by atomic mass is 10.2. The van der Waals surface area contributed by atoms with Crippen LogP contribution in [0.15, 0.2) is 23.1 Å². The van der Waals surface area contributed by atoms with Crippen LogP contribution >= 0.6 is 0 Å². The van der Waals surface area contributed by atoms with Crippen LogP contribution in [0, 0.1) is 13.8 Å². The van der Waals surface area contributed by atoms with E-state index < -0.39 is 22.5 Å². The number of carbonyl (C=O) groups is 1. The van der Waals surface area contributed by atoms with Gasteiger partial charge in [0.05, 0.1) is 4.90 Å². The van der Waals surface area contributed by atoms with Crippen molar-refractivity contribution in [3.63, 3.8) is 0 Å². The van der Waals surface area contributed by atoms with Crippen LogP contribution in [0.3, 0.4) is 0 Å². The summed E-state index contributed by atoms with van der Waals surface area (Å²) in [7, 11) is -3.79. The van der Waals surface area contributed by atoms with Gasteiger partial charge in [0.15, 0.2) is 0 Å². The van der Waals surface area contributed by atoms with Gasteiger partial charge in [0.1, 0.15) is 6.61 Å². The lowest BCUT2D eigenvalue weighted by Gasteiger charge is -2.09. The first-order chi connectivity index (χ1) is 7.83. The van der Waals surface area contributed by atoms with Crippen molar-refractivity contribution >= 4 is 15.9 Å². The molecule has 0 heterocycles. The number of amides is 1. The molecule has 0 aliphatic rings. The van der Waals surface area contributed by atoms with Gasteiger partial charge in [-0.2, -0.15) is 0 Å². The van der Waals surface area contributed by atoms with Gasteiger partial charge in [-0.25, -0.2) is 8.42 Å². The number of primary amides is 1. The number of aryl methyl sites for hydroxylation is 2. The summed E-state index contributed by atoms with van der Waals surface area (Å²) in [4.78, 5) is 16.9. The quantitative estimate of drug-likeness (QED) is 0.726. The van der Waals surface area contributed by atoms with Crippen molar-refractivity contribution in [2.75, 3.05) is 6.61 Å². The van der Waals surface area contributed by atoms with Crippen LogP contribution in [0.2, 0.25) is 0 Å². The van der Waals surface area contributed by atoms with E-state index in [0.717, 1.165) is 5.56 Å². The molecule has 6 nitrogen and oxygen atoms in total. The molecule has 1 rings (SSSR count). The molecule has 0 saturated carbocycles. The van der Waals surface area contributed by atoms with Gasteiger partial charge in [-0.15, -0.1) is 0 Å². The van der Waals surface area contributed by atoms with Crippen LogP contribution in [-0.2, 0) is 19.7 Å². The lowest BCUT2D eigenvalue weighted by Crippen LogP contribution is -2.29. The summed E-state index contributed by atoms with van der Waals surface area (Å²) in [6, 6.07) is 5.02. The molecule has 94 valence electrons. The predicted octanol–water partition coefficient (Wildman–Crippen LogP) is -0.00136. The summed E-state index contributed by atoms with van der Waals surface area (Å²) in [6.07, 6.45) is 0. The maximum absolute atomic E-state index is 11.8. The van der Waals surface area contributed by atoms with E-state index in [1.54, 1.807) is 26.0 Å². The molecular weight excluding hydrogens is 244 g/mol. The van der Waals surface area contributed by atoms with Crippen LogP contribution in [0.1, 0.15) is 11.1 Å². The Morgan fingerprint density at radius 1 is 1.41 bits per heavy atom. The van der Waals surface area contributed by atoms with Crippen molar-refractivity contribution in [3.05, 3.63) is 29.3 Å². The predicted molar refractivity (Wildman–Crippen MR) is 61.4 cm³/mol. The van der Waals surface area contributed by atoms with E-state index in [2.05, 4.69) is 4.84 Å². The van der Waals surface area contributed by atoms with Gasteiger partial charge in [-0.05, 0) is 31.0 Å². The fraction of sp³-hybridized carbons (Fsp3) is 0.300. The van der Waals surface area contributed by atoms with Crippen LogP contribution in [-0.4, -0.2) is 20.9 Å². The minimum Gasteiger partial charge on any atom is -0.368 e. The number of hydrogen-bond donors (Lipinski definition) is 2. The van der Waals surface area contributed by atoms with Crippen molar-refractivity contribution in [3.8, 4) is 0 Å². The van der Waals surface area contributed by atoms with Crippen LogP contribution < -0.4 is 10.6 Å². The third-order valence-electron chi connectivity index (χ3n) is 2.02. The number of nitrogens with two attached hydrogens (primary N) is 1. The minimum absolute atomic E-state index is 0.113. The van der Waals surface area contributed by atoms with Gasteiger partial charge in [0, 0.05) is 0 Å². The first-order valence-electron chi connectivity index (χ1n) is 4.82. The molecule has 1 aromatic rings. The molecule has 0 aliphatic heterocycles. The highest BCUT2D eigenvalue weighted by Crippen LogP contribution is 2.16. The molecule has 0 saturated heterocycles. The van der Waals surface area contributed by atoms with E-state index in [9.17, 15) is 13.2 Å². The average Bonchev–Trinajstić information content (AvgIpc) is 2.20. The molecule has 0 aliphatic carbocycles. The van der Waals surface area contributed by atoms with Gasteiger partial charge >= 0.3 is 0 Å². The van der Waals surface area contributed by atoms with Crippen molar-refractivity contribution in [2.45, 2.75) is 18.7 Å². The first-order valence-corrected chi connectivity index (χ1v) is 6.30. The zero-order valence-electron chi connectivity index (χ0n) is 9.56. The van der Waals surface area contributed by atoms with E-state index in [-0.39, 0.29) is 4.90 Å². The number of carbonyl (C=O) groups excluding carboxylic acids is 1. The summed E-state index contributed by atoms with van der Waals surface area (Å²) >= 11 is 0. The smallest absolute Gasteiger partial charge is 0.262 e. The number of rotatable bonds is 5. The van der Waals surface area contributed by atoms with Crippen molar-refractivity contribution < 1.29 is 18.0 Å². The van der Waals surface area contributed by atoms with E-state index >= 15 is 0 Å². The molecule has 0 bridgehead atoms. The zero-order valence-corrected chi connectivity index (χ0v) is 10.4. The summed E-state index contributed by atoms with van der Waals surface area (Å²) in [5.41, 5.74) is 6.22. The second kappa shape index (κ2) is 5.26. The summed E-state index contributed by atoms with van der Waals surface area (Å²) in [5, 5.41) is 0. The molecule has 0 unspecified atom stereocenters. The lowest BCUT2D eigenvalue weighted by molar-refractivity contribution is -0.123. The number of benzene rings is 1. The van der Waals surface area contributed by atoms with E-state index in [1.165, 1.54) is 6.07 Å². The third kappa shape index (κ3) is 3.81. The molecule has 0 atom stereocenters. The topological polar surface area (TPSA) is 98.5 Å². The fourth-order valence-electron chi connectivity index (χ4n) is 1.22. The highest BCUT2D eigenvalue weighted by atomic mass is 32.2. The van der Waals surface area contributed by atoms with Crippen LogP contribution in [0.4, 0.5) is 0 Å². The Balaban J connectivity index is 2.89. The van der Waals surface area contributed by atoms with Gasteiger partial charge in [-0.3, -0.25) is 9.63 Å². The van der Waals surface area contributed by atoms with Gasteiger partial charge in [0.25, 0.3) is 10.0 Å². The Morgan fingerprint density at radius 2 is 2.06 bits per heavy atom. The standard InChI is InChI=1S/C10H14N2O4S/c1-7-3-4-8(2)9(5-7)17(14,15)12-16-6-10(11)13/h3-5,12H,6H2,1-2H3,(H2,11,13). The van der Waals surface area contributed by atoms with Crippen molar-refractivity contribution in [1.29, 1.82) is 0 Å². The van der Waals surface area contributed by atoms with Crippen LogP contribution in [0.25, 0.3) is 0 Å². The van der Waals surface area contributed by atoms with E-state index in [4.69, 9.17) is 5.73 Å². The molecule has 1 amide bonds. The second-order valence-electron chi connectivity index (χ2n) is 3.61. The van der Waals surface area contributed by atoms with Crippen LogP contribution in [0.5, 0.6) is 0 Å². The summed E-state index contributed by atoms with van der Waals surface area (Å²) < 4.78 is 23.6. The monoisotopic (exact) mass is 258 g/mol. The Labute approximate surface area is 99.8 Å². The summed E-state index contributed by atoms with van der Waals surface area (Å²) in [6.45, 7) is 2.94. The molecule has 0 radical (unpaired) electrons. The molecule has 7 heteroatoms. The first kappa shape index (κ1) is 13.6.